The third kappa shape index (κ3) is 3.07. The van der Waals surface area contributed by atoms with E-state index in [0.29, 0.717) is 5.92 Å². The number of hydrogen-bond donors (Lipinski definition) is 1. The molecule has 0 aliphatic carbocycles. The lowest BCUT2D eigenvalue weighted by molar-refractivity contribution is 0.663. The Morgan fingerprint density at radius 3 is 2.30 bits per heavy atom. The Hall–Kier alpha value is -1.26. The van der Waals surface area contributed by atoms with Crippen molar-refractivity contribution >= 4 is 15.9 Å². The lowest BCUT2D eigenvalue weighted by Crippen LogP contribution is -2.17. The first kappa shape index (κ1) is 15.1. The average Bonchev–Trinajstić information content (AvgIpc) is 2.38. The Kier molecular flexibility index (Phi) is 4.89. The maximum Gasteiger partial charge on any atom is 0.160 e. The molecule has 0 aliphatic rings. The minimum atomic E-state index is 0.410. The number of nitrogens with zero attached hydrogens (tertiary/aromatic N) is 2. The molecule has 1 unspecified atom stereocenters. The van der Waals surface area contributed by atoms with E-state index < -0.39 is 0 Å². The molecule has 0 bridgehead atoms. The highest BCUT2D eigenvalue weighted by molar-refractivity contribution is 9.10. The molecule has 1 atom stereocenters. The summed E-state index contributed by atoms with van der Waals surface area (Å²) in [5, 5.41) is 3.21. The molecule has 20 heavy (non-hydrogen) atoms. The SMILES string of the molecule is CNCC(C)c1c(C)nc(-c2ccccc2Br)nc1C. The predicted octanol–water partition coefficient (Wildman–Crippen LogP) is 3.85. The molecule has 0 radical (unpaired) electrons. The third-order valence-corrected chi connectivity index (χ3v) is 4.14. The standard InChI is InChI=1S/C16H20BrN3/c1-10(9-18-4)15-11(2)19-16(20-12(15)3)13-7-5-6-8-14(13)17/h5-8,10,18H,9H2,1-4H3. The lowest BCUT2D eigenvalue weighted by atomic mass is 9.98. The van der Waals surface area contributed by atoms with Crippen molar-refractivity contribution in [1.29, 1.82) is 0 Å². The summed E-state index contributed by atoms with van der Waals surface area (Å²) in [4.78, 5) is 9.40. The van der Waals surface area contributed by atoms with Gasteiger partial charge in [-0.05, 0) is 38.4 Å². The van der Waals surface area contributed by atoms with Crippen molar-refractivity contribution in [3.05, 3.63) is 45.7 Å². The minimum absolute atomic E-state index is 0.410. The second-order valence-corrected chi connectivity index (χ2v) is 5.92. The molecule has 3 nitrogen and oxygen atoms in total. The monoisotopic (exact) mass is 333 g/mol. The molecule has 2 rings (SSSR count). The van der Waals surface area contributed by atoms with Gasteiger partial charge in [-0.1, -0.05) is 41.1 Å². The summed E-state index contributed by atoms with van der Waals surface area (Å²) in [6, 6.07) is 8.05. The van der Waals surface area contributed by atoms with Gasteiger partial charge in [0, 0.05) is 28.0 Å². The van der Waals surface area contributed by atoms with Crippen molar-refractivity contribution in [2.45, 2.75) is 26.7 Å². The van der Waals surface area contributed by atoms with E-state index in [1.54, 1.807) is 0 Å². The molecule has 1 N–H and O–H groups in total. The number of rotatable bonds is 4. The number of nitrogens with one attached hydrogen (secondary N) is 1. The van der Waals surface area contributed by atoms with Crippen molar-refractivity contribution in [2.24, 2.45) is 0 Å². The van der Waals surface area contributed by atoms with E-state index in [1.807, 2.05) is 31.3 Å². The van der Waals surface area contributed by atoms with Crippen molar-refractivity contribution < 1.29 is 0 Å². The Labute approximate surface area is 129 Å². The second-order valence-electron chi connectivity index (χ2n) is 5.07. The van der Waals surface area contributed by atoms with Crippen LogP contribution in [0.25, 0.3) is 11.4 Å². The molecule has 1 aromatic heterocycles. The summed E-state index contributed by atoms with van der Waals surface area (Å²) in [5.41, 5.74) is 4.40. The first-order valence-corrected chi connectivity index (χ1v) is 7.58. The van der Waals surface area contributed by atoms with Gasteiger partial charge in [-0.25, -0.2) is 9.97 Å². The molecule has 0 spiro atoms. The summed E-state index contributed by atoms with van der Waals surface area (Å²) < 4.78 is 1.02. The number of halogens is 1. The number of aryl methyl sites for hydroxylation is 2. The zero-order chi connectivity index (χ0) is 14.7. The van der Waals surface area contributed by atoms with Crippen LogP contribution in [-0.2, 0) is 0 Å². The average molecular weight is 334 g/mol. The van der Waals surface area contributed by atoms with Crippen molar-refractivity contribution in [3.8, 4) is 11.4 Å². The number of benzene rings is 1. The quantitative estimate of drug-likeness (QED) is 0.923. The highest BCUT2D eigenvalue weighted by Gasteiger charge is 2.16. The maximum absolute atomic E-state index is 4.70. The predicted molar refractivity (Wildman–Crippen MR) is 87.0 cm³/mol. The van der Waals surface area contributed by atoms with Gasteiger partial charge in [0.1, 0.15) is 0 Å². The molecule has 0 saturated carbocycles. The Morgan fingerprint density at radius 2 is 1.75 bits per heavy atom. The normalized spacial score (nSPS) is 12.4. The van der Waals surface area contributed by atoms with E-state index in [-0.39, 0.29) is 0 Å². The molecular formula is C16H20BrN3. The summed E-state index contributed by atoms with van der Waals surface area (Å²) >= 11 is 3.56. The second kappa shape index (κ2) is 6.46. The van der Waals surface area contributed by atoms with Gasteiger partial charge in [-0.2, -0.15) is 0 Å². The van der Waals surface area contributed by atoms with Gasteiger partial charge in [0.05, 0.1) is 0 Å². The van der Waals surface area contributed by atoms with Gasteiger partial charge in [0.15, 0.2) is 5.82 Å². The smallest absolute Gasteiger partial charge is 0.160 e. The molecule has 0 fully saturated rings. The largest absolute Gasteiger partial charge is 0.319 e. The fourth-order valence-corrected chi connectivity index (χ4v) is 3.07. The minimum Gasteiger partial charge on any atom is -0.319 e. The highest BCUT2D eigenvalue weighted by Crippen LogP contribution is 2.28. The Balaban J connectivity index is 2.48. The van der Waals surface area contributed by atoms with Gasteiger partial charge in [0.2, 0.25) is 0 Å². The van der Waals surface area contributed by atoms with Crippen LogP contribution < -0.4 is 5.32 Å². The van der Waals surface area contributed by atoms with Crippen LogP contribution in [0.1, 0.15) is 29.8 Å². The zero-order valence-corrected chi connectivity index (χ0v) is 14.0. The molecule has 0 saturated heterocycles. The van der Waals surface area contributed by atoms with Crippen LogP contribution in [0.15, 0.2) is 28.7 Å². The molecule has 1 aromatic carbocycles. The summed E-state index contributed by atoms with van der Waals surface area (Å²) in [5.74, 6) is 1.20. The van der Waals surface area contributed by atoms with Crippen LogP contribution in [0.4, 0.5) is 0 Å². The van der Waals surface area contributed by atoms with Crippen molar-refractivity contribution in [1.82, 2.24) is 15.3 Å². The Bertz CT molecular complexity index is 587. The first-order valence-electron chi connectivity index (χ1n) is 6.79. The number of likely N-dealkylation sites (N-methyl/N-ethyl adjacent to an activating group) is 1. The molecular weight excluding hydrogens is 314 g/mol. The van der Waals surface area contributed by atoms with Crippen LogP contribution in [0, 0.1) is 13.8 Å². The molecule has 2 aromatic rings. The van der Waals surface area contributed by atoms with E-state index in [2.05, 4.69) is 42.0 Å². The van der Waals surface area contributed by atoms with Gasteiger partial charge in [0.25, 0.3) is 0 Å². The summed E-state index contributed by atoms with van der Waals surface area (Å²) in [6.45, 7) is 7.26. The van der Waals surface area contributed by atoms with Crippen LogP contribution in [0.5, 0.6) is 0 Å². The topological polar surface area (TPSA) is 37.8 Å². The first-order chi connectivity index (χ1) is 9.54. The van der Waals surface area contributed by atoms with Crippen LogP contribution in [0.3, 0.4) is 0 Å². The van der Waals surface area contributed by atoms with Crippen molar-refractivity contribution in [2.75, 3.05) is 13.6 Å². The number of aromatic nitrogens is 2. The summed E-state index contributed by atoms with van der Waals surface area (Å²) in [7, 11) is 1.97. The molecule has 1 heterocycles. The molecule has 106 valence electrons. The Morgan fingerprint density at radius 1 is 1.15 bits per heavy atom. The molecule has 0 amide bonds. The lowest BCUT2D eigenvalue weighted by Gasteiger charge is -2.17. The van der Waals surface area contributed by atoms with E-state index >= 15 is 0 Å². The van der Waals surface area contributed by atoms with Crippen LogP contribution >= 0.6 is 15.9 Å². The van der Waals surface area contributed by atoms with Crippen molar-refractivity contribution in [3.63, 3.8) is 0 Å². The van der Waals surface area contributed by atoms with Gasteiger partial charge >= 0.3 is 0 Å². The fourth-order valence-electron chi connectivity index (χ4n) is 2.61. The van der Waals surface area contributed by atoms with E-state index in [9.17, 15) is 0 Å². The third-order valence-electron chi connectivity index (χ3n) is 3.44. The highest BCUT2D eigenvalue weighted by atomic mass is 79.9. The van der Waals surface area contributed by atoms with Gasteiger partial charge in [-0.3, -0.25) is 0 Å². The van der Waals surface area contributed by atoms with E-state index in [1.165, 1.54) is 5.56 Å². The van der Waals surface area contributed by atoms with Crippen LogP contribution in [0.2, 0.25) is 0 Å². The zero-order valence-electron chi connectivity index (χ0n) is 12.4. The maximum atomic E-state index is 4.70. The van der Waals surface area contributed by atoms with E-state index in [4.69, 9.17) is 9.97 Å². The molecule has 0 aliphatic heterocycles. The summed E-state index contributed by atoms with van der Waals surface area (Å²) in [6.07, 6.45) is 0. The van der Waals surface area contributed by atoms with Gasteiger partial charge < -0.3 is 5.32 Å². The molecule has 4 heteroatoms. The van der Waals surface area contributed by atoms with E-state index in [0.717, 1.165) is 33.8 Å². The van der Waals surface area contributed by atoms with Gasteiger partial charge in [-0.15, -0.1) is 0 Å². The van der Waals surface area contributed by atoms with Crippen LogP contribution in [-0.4, -0.2) is 23.6 Å². The number of hydrogen-bond acceptors (Lipinski definition) is 3. The fraction of sp³-hybridized carbons (Fsp3) is 0.375.